The van der Waals surface area contributed by atoms with Crippen molar-refractivity contribution < 1.29 is 9.59 Å². The van der Waals surface area contributed by atoms with Crippen LogP contribution in [0.1, 0.15) is 11.1 Å². The molecule has 0 aliphatic carbocycles. The van der Waals surface area contributed by atoms with Gasteiger partial charge in [-0.05, 0) is 35.0 Å². The fourth-order valence-corrected chi connectivity index (χ4v) is 1.92. The standard InChI is InChI=1S/C10H8N2O2S2/c13-7-11-15-5-9-1-2-10(4-3-9)6-16-12-8-14/h1-4H,5-6H2. The quantitative estimate of drug-likeness (QED) is 0.443. The summed E-state index contributed by atoms with van der Waals surface area (Å²) in [4.78, 5) is 19.7. The predicted octanol–water partition coefficient (Wildman–Crippen LogP) is 2.65. The van der Waals surface area contributed by atoms with Crippen molar-refractivity contribution in [3.8, 4) is 0 Å². The fourth-order valence-electron chi connectivity index (χ4n) is 0.998. The molecular formula is C10H8N2O2S2. The van der Waals surface area contributed by atoms with Gasteiger partial charge in [0.25, 0.3) is 0 Å². The van der Waals surface area contributed by atoms with Crippen LogP contribution in [0.4, 0.5) is 0 Å². The first kappa shape index (κ1) is 12.7. The van der Waals surface area contributed by atoms with E-state index in [2.05, 4.69) is 8.80 Å². The summed E-state index contributed by atoms with van der Waals surface area (Å²) in [7, 11) is 0. The van der Waals surface area contributed by atoms with Crippen molar-refractivity contribution >= 4 is 36.1 Å². The number of rotatable bonds is 6. The van der Waals surface area contributed by atoms with Crippen molar-refractivity contribution in [2.75, 3.05) is 0 Å². The second kappa shape index (κ2) is 7.91. The highest BCUT2D eigenvalue weighted by atomic mass is 32.2. The first-order valence-corrected chi connectivity index (χ1v) is 6.21. The maximum absolute atomic E-state index is 9.84. The third kappa shape index (κ3) is 4.96. The molecule has 0 saturated carbocycles. The molecule has 82 valence electrons. The number of benzene rings is 1. The van der Waals surface area contributed by atoms with E-state index in [-0.39, 0.29) is 0 Å². The van der Waals surface area contributed by atoms with Crippen LogP contribution in [-0.4, -0.2) is 12.2 Å². The molecule has 0 heterocycles. The average molecular weight is 252 g/mol. The lowest BCUT2D eigenvalue weighted by Crippen LogP contribution is -1.82. The SMILES string of the molecule is O=C=NSCc1ccc(CSN=C=O)cc1. The number of hydrogen-bond donors (Lipinski definition) is 0. The summed E-state index contributed by atoms with van der Waals surface area (Å²) in [6.07, 6.45) is 2.94. The zero-order valence-electron chi connectivity index (χ0n) is 8.25. The highest BCUT2D eigenvalue weighted by molar-refractivity contribution is 7.97. The molecule has 0 amide bonds. The molecule has 0 bridgehead atoms. The van der Waals surface area contributed by atoms with Gasteiger partial charge >= 0.3 is 0 Å². The molecule has 16 heavy (non-hydrogen) atoms. The second-order valence-electron chi connectivity index (χ2n) is 2.73. The topological polar surface area (TPSA) is 58.9 Å². The molecule has 0 radical (unpaired) electrons. The molecule has 0 saturated heterocycles. The maximum atomic E-state index is 9.84. The normalized spacial score (nSPS) is 9.00. The van der Waals surface area contributed by atoms with E-state index in [0.717, 1.165) is 35.0 Å². The second-order valence-corrected chi connectivity index (χ2v) is 4.19. The number of carbonyl (C=O) groups excluding carboxylic acids is 2. The van der Waals surface area contributed by atoms with Gasteiger partial charge in [0.1, 0.15) is 0 Å². The van der Waals surface area contributed by atoms with E-state index in [9.17, 15) is 9.59 Å². The third-order valence-electron chi connectivity index (χ3n) is 1.69. The summed E-state index contributed by atoms with van der Waals surface area (Å²) >= 11 is 2.32. The largest absolute Gasteiger partial charge is 0.247 e. The van der Waals surface area contributed by atoms with Crippen LogP contribution in [0, 0.1) is 0 Å². The summed E-state index contributed by atoms with van der Waals surface area (Å²) < 4.78 is 6.80. The Kier molecular flexibility index (Phi) is 6.30. The van der Waals surface area contributed by atoms with Crippen molar-refractivity contribution in [1.29, 1.82) is 0 Å². The molecule has 4 nitrogen and oxygen atoms in total. The fraction of sp³-hybridized carbons (Fsp3) is 0.200. The van der Waals surface area contributed by atoms with E-state index in [0.29, 0.717) is 11.5 Å². The van der Waals surface area contributed by atoms with Crippen LogP contribution in [0.5, 0.6) is 0 Å². The van der Waals surface area contributed by atoms with E-state index in [1.807, 2.05) is 24.3 Å². The minimum Gasteiger partial charge on any atom is -0.210 e. The van der Waals surface area contributed by atoms with Gasteiger partial charge in [-0.1, -0.05) is 24.3 Å². The Hall–Kier alpha value is -1.32. The summed E-state index contributed by atoms with van der Waals surface area (Å²) in [6, 6.07) is 7.81. The molecule has 0 fully saturated rings. The molecule has 0 aromatic heterocycles. The van der Waals surface area contributed by atoms with E-state index < -0.39 is 0 Å². The maximum Gasteiger partial charge on any atom is 0.247 e. The van der Waals surface area contributed by atoms with Gasteiger partial charge in [0.15, 0.2) is 0 Å². The molecule has 0 unspecified atom stereocenters. The molecule has 0 aliphatic rings. The highest BCUT2D eigenvalue weighted by Gasteiger charge is 1.95. The molecule has 1 aromatic rings. The van der Waals surface area contributed by atoms with E-state index in [1.54, 1.807) is 0 Å². The lowest BCUT2D eigenvalue weighted by molar-refractivity contribution is 0.565. The van der Waals surface area contributed by atoms with Gasteiger partial charge in [-0.25, -0.2) is 9.59 Å². The predicted molar refractivity (Wildman–Crippen MR) is 65.3 cm³/mol. The lowest BCUT2D eigenvalue weighted by atomic mass is 10.2. The van der Waals surface area contributed by atoms with E-state index in [4.69, 9.17) is 0 Å². The van der Waals surface area contributed by atoms with Crippen molar-refractivity contribution in [3.63, 3.8) is 0 Å². The summed E-state index contributed by atoms with van der Waals surface area (Å²) in [5.41, 5.74) is 2.16. The Bertz CT molecular complexity index is 380. The van der Waals surface area contributed by atoms with Crippen LogP contribution >= 0.6 is 23.9 Å². The van der Waals surface area contributed by atoms with Crippen molar-refractivity contribution in [3.05, 3.63) is 35.4 Å². The number of hydrogen-bond acceptors (Lipinski definition) is 6. The molecule has 0 N–H and O–H groups in total. The van der Waals surface area contributed by atoms with Gasteiger partial charge in [0.05, 0.1) is 0 Å². The summed E-state index contributed by atoms with van der Waals surface area (Å²) in [5.74, 6) is 1.30. The van der Waals surface area contributed by atoms with Crippen molar-refractivity contribution in [1.82, 2.24) is 0 Å². The Labute approximate surface area is 102 Å². The molecule has 1 rings (SSSR count). The zero-order valence-corrected chi connectivity index (χ0v) is 9.88. The average Bonchev–Trinajstić information content (AvgIpc) is 2.32. The lowest BCUT2D eigenvalue weighted by Gasteiger charge is -1.99. The van der Waals surface area contributed by atoms with Gasteiger partial charge in [-0.15, -0.1) is 8.80 Å². The van der Waals surface area contributed by atoms with Gasteiger partial charge in [-0.2, -0.15) is 0 Å². The minimum atomic E-state index is 0.648. The van der Waals surface area contributed by atoms with Crippen LogP contribution in [0.3, 0.4) is 0 Å². The molecule has 1 aromatic carbocycles. The van der Waals surface area contributed by atoms with Crippen LogP contribution in [0.25, 0.3) is 0 Å². The van der Waals surface area contributed by atoms with Crippen LogP contribution in [0.15, 0.2) is 33.1 Å². The Morgan fingerprint density at radius 3 is 1.56 bits per heavy atom. The summed E-state index contributed by atoms with van der Waals surface area (Å²) in [6.45, 7) is 0. The molecule has 0 atom stereocenters. The summed E-state index contributed by atoms with van der Waals surface area (Å²) in [5, 5.41) is 0. The minimum absolute atomic E-state index is 0.648. The highest BCUT2D eigenvalue weighted by Crippen LogP contribution is 2.16. The smallest absolute Gasteiger partial charge is 0.210 e. The number of isocyanates is 2. The van der Waals surface area contributed by atoms with E-state index in [1.165, 1.54) is 12.2 Å². The van der Waals surface area contributed by atoms with Gasteiger partial charge in [-0.3, -0.25) is 0 Å². The van der Waals surface area contributed by atoms with Gasteiger partial charge in [0, 0.05) is 11.5 Å². The monoisotopic (exact) mass is 252 g/mol. The number of nitrogens with zero attached hydrogens (tertiary/aromatic N) is 2. The molecular weight excluding hydrogens is 244 g/mol. The Balaban J connectivity index is 2.46. The molecule has 0 spiro atoms. The zero-order chi connectivity index (χ0) is 11.6. The van der Waals surface area contributed by atoms with Crippen molar-refractivity contribution in [2.24, 2.45) is 8.80 Å². The first-order chi connectivity index (χ1) is 7.86. The van der Waals surface area contributed by atoms with Crippen LogP contribution < -0.4 is 0 Å². The van der Waals surface area contributed by atoms with Crippen LogP contribution in [-0.2, 0) is 21.1 Å². The van der Waals surface area contributed by atoms with E-state index >= 15 is 0 Å². The first-order valence-electron chi connectivity index (χ1n) is 4.33. The van der Waals surface area contributed by atoms with Crippen LogP contribution in [0.2, 0.25) is 0 Å². The molecule has 0 aliphatic heterocycles. The Morgan fingerprint density at radius 2 is 1.25 bits per heavy atom. The van der Waals surface area contributed by atoms with Gasteiger partial charge in [0.2, 0.25) is 12.2 Å². The third-order valence-corrected chi connectivity index (χ3v) is 3.02. The van der Waals surface area contributed by atoms with Crippen molar-refractivity contribution in [2.45, 2.75) is 11.5 Å². The van der Waals surface area contributed by atoms with Gasteiger partial charge < -0.3 is 0 Å². The Morgan fingerprint density at radius 1 is 0.875 bits per heavy atom. The molecule has 6 heteroatoms.